The molecule has 2 heterocycles. The Balaban J connectivity index is 2.15. The van der Waals surface area contributed by atoms with Crippen LogP contribution in [0.15, 0.2) is 27.7 Å². The highest BCUT2D eigenvalue weighted by molar-refractivity contribution is 5.93. The molecule has 1 unspecified atom stereocenters. The Hall–Kier alpha value is -2.37. The van der Waals surface area contributed by atoms with E-state index in [0.29, 0.717) is 17.3 Å². The molecule has 1 amide bonds. The van der Waals surface area contributed by atoms with Gasteiger partial charge in [-0.2, -0.15) is 0 Å². The highest BCUT2D eigenvalue weighted by Gasteiger charge is 2.17. The van der Waals surface area contributed by atoms with Gasteiger partial charge < -0.3 is 14.7 Å². The third-order valence-corrected chi connectivity index (χ3v) is 2.66. The van der Waals surface area contributed by atoms with Crippen LogP contribution in [-0.2, 0) is 0 Å². The number of aromatic nitrogens is 2. The van der Waals surface area contributed by atoms with Crippen LogP contribution in [0.1, 0.15) is 40.7 Å². The monoisotopic (exact) mass is 261 g/mol. The van der Waals surface area contributed by atoms with E-state index in [2.05, 4.69) is 15.3 Å². The molecule has 0 saturated carbocycles. The van der Waals surface area contributed by atoms with Crippen molar-refractivity contribution in [3.05, 3.63) is 51.6 Å². The first kappa shape index (κ1) is 13.1. The number of nitrogens with one attached hydrogen (secondary N) is 2. The Labute approximate surface area is 109 Å². The van der Waals surface area contributed by atoms with Gasteiger partial charge in [-0.1, -0.05) is 0 Å². The van der Waals surface area contributed by atoms with Crippen molar-refractivity contribution in [2.75, 3.05) is 0 Å². The summed E-state index contributed by atoms with van der Waals surface area (Å²) in [7, 11) is 0. The minimum Gasteiger partial charge on any atom is -0.444 e. The second-order valence-corrected chi connectivity index (χ2v) is 4.40. The van der Waals surface area contributed by atoms with E-state index in [9.17, 15) is 9.59 Å². The Morgan fingerprint density at radius 2 is 2.21 bits per heavy atom. The number of carbonyl (C=O) groups is 1. The molecule has 0 aliphatic rings. The molecule has 6 nitrogen and oxygen atoms in total. The zero-order chi connectivity index (χ0) is 14.0. The fourth-order valence-electron chi connectivity index (χ4n) is 1.66. The molecule has 1 atom stereocenters. The second-order valence-electron chi connectivity index (χ2n) is 4.40. The molecule has 0 radical (unpaired) electrons. The van der Waals surface area contributed by atoms with E-state index >= 15 is 0 Å². The Bertz CT molecular complexity index is 657. The molecule has 0 bridgehead atoms. The van der Waals surface area contributed by atoms with Gasteiger partial charge in [0, 0.05) is 18.0 Å². The normalized spacial score (nSPS) is 12.2. The van der Waals surface area contributed by atoms with E-state index in [0.717, 1.165) is 0 Å². The zero-order valence-corrected chi connectivity index (χ0v) is 11.0. The topological polar surface area (TPSA) is 88.0 Å². The van der Waals surface area contributed by atoms with Crippen molar-refractivity contribution in [2.45, 2.75) is 26.8 Å². The second kappa shape index (κ2) is 5.09. The molecule has 2 N–H and O–H groups in total. The molecule has 0 aromatic carbocycles. The van der Waals surface area contributed by atoms with E-state index in [4.69, 9.17) is 4.42 Å². The van der Waals surface area contributed by atoms with E-state index in [1.54, 1.807) is 27.0 Å². The summed E-state index contributed by atoms with van der Waals surface area (Å²) < 4.78 is 5.32. The summed E-state index contributed by atoms with van der Waals surface area (Å²) in [6.07, 6.45) is 2.98. The SMILES string of the molecule is Cc1cc(=O)c(C(=O)NC(C)c2ncc(C)o2)c[nH]1. The van der Waals surface area contributed by atoms with Crippen molar-refractivity contribution in [1.82, 2.24) is 15.3 Å². The lowest BCUT2D eigenvalue weighted by Gasteiger charge is -2.10. The number of rotatable bonds is 3. The molecule has 2 aromatic rings. The number of hydrogen-bond acceptors (Lipinski definition) is 4. The summed E-state index contributed by atoms with van der Waals surface area (Å²) in [5, 5.41) is 2.67. The van der Waals surface area contributed by atoms with E-state index < -0.39 is 11.9 Å². The molecule has 0 fully saturated rings. The number of nitrogens with zero attached hydrogens (tertiary/aromatic N) is 1. The molecule has 0 saturated heterocycles. The van der Waals surface area contributed by atoms with Crippen LogP contribution in [-0.4, -0.2) is 15.9 Å². The van der Waals surface area contributed by atoms with Gasteiger partial charge >= 0.3 is 0 Å². The van der Waals surface area contributed by atoms with Crippen molar-refractivity contribution in [3.8, 4) is 0 Å². The number of aromatic amines is 1. The maximum absolute atomic E-state index is 12.0. The largest absolute Gasteiger partial charge is 0.444 e. The number of oxazole rings is 1. The third kappa shape index (κ3) is 2.90. The predicted molar refractivity (Wildman–Crippen MR) is 68.9 cm³/mol. The molecule has 100 valence electrons. The molecule has 2 rings (SSSR count). The summed E-state index contributed by atoms with van der Waals surface area (Å²) in [6, 6.07) is 0.983. The van der Waals surface area contributed by atoms with Crippen LogP contribution in [0.3, 0.4) is 0 Å². The summed E-state index contributed by atoms with van der Waals surface area (Å²) in [5.74, 6) is 0.628. The van der Waals surface area contributed by atoms with Gasteiger partial charge in [0.05, 0.1) is 6.20 Å². The molecule has 0 aliphatic carbocycles. The Morgan fingerprint density at radius 3 is 2.79 bits per heavy atom. The van der Waals surface area contributed by atoms with Crippen molar-refractivity contribution in [2.24, 2.45) is 0 Å². The summed E-state index contributed by atoms with van der Waals surface area (Å²) >= 11 is 0. The lowest BCUT2D eigenvalue weighted by Crippen LogP contribution is -2.31. The van der Waals surface area contributed by atoms with Gasteiger partial charge in [0.25, 0.3) is 5.91 Å². The van der Waals surface area contributed by atoms with Crippen LogP contribution in [0.5, 0.6) is 0 Å². The van der Waals surface area contributed by atoms with Crippen LogP contribution < -0.4 is 10.7 Å². The predicted octanol–water partition coefficient (Wildman–Crippen LogP) is 1.47. The third-order valence-electron chi connectivity index (χ3n) is 2.66. The van der Waals surface area contributed by atoms with Crippen LogP contribution in [0.2, 0.25) is 0 Å². The van der Waals surface area contributed by atoms with Crippen LogP contribution in [0.25, 0.3) is 0 Å². The molecular weight excluding hydrogens is 246 g/mol. The molecular formula is C13H15N3O3. The number of carbonyl (C=O) groups excluding carboxylic acids is 1. The quantitative estimate of drug-likeness (QED) is 0.875. The molecule has 0 aliphatic heterocycles. The van der Waals surface area contributed by atoms with E-state index in [1.165, 1.54) is 12.3 Å². The number of H-pyrrole nitrogens is 1. The summed E-state index contributed by atoms with van der Waals surface area (Å²) in [6.45, 7) is 5.27. The zero-order valence-electron chi connectivity index (χ0n) is 11.0. The van der Waals surface area contributed by atoms with E-state index in [-0.39, 0.29) is 11.0 Å². The van der Waals surface area contributed by atoms with Gasteiger partial charge in [0.15, 0.2) is 5.43 Å². The van der Waals surface area contributed by atoms with Crippen molar-refractivity contribution >= 4 is 5.91 Å². The maximum Gasteiger partial charge on any atom is 0.257 e. The van der Waals surface area contributed by atoms with Gasteiger partial charge in [-0.05, 0) is 20.8 Å². The van der Waals surface area contributed by atoms with Crippen molar-refractivity contribution < 1.29 is 9.21 Å². The summed E-state index contributed by atoms with van der Waals surface area (Å²) in [4.78, 5) is 30.5. The van der Waals surface area contributed by atoms with Crippen molar-refractivity contribution in [3.63, 3.8) is 0 Å². The van der Waals surface area contributed by atoms with Crippen LogP contribution >= 0.6 is 0 Å². The standard InChI is InChI=1S/C13H15N3O3/c1-7-4-11(17)10(6-14-7)12(18)16-9(3)13-15-5-8(2)19-13/h4-6,9H,1-3H3,(H,14,17)(H,16,18). The highest BCUT2D eigenvalue weighted by atomic mass is 16.4. The van der Waals surface area contributed by atoms with Gasteiger partial charge in [0.1, 0.15) is 17.4 Å². The maximum atomic E-state index is 12.0. The van der Waals surface area contributed by atoms with Crippen LogP contribution in [0, 0.1) is 13.8 Å². The molecule has 6 heteroatoms. The fourth-order valence-corrected chi connectivity index (χ4v) is 1.66. The van der Waals surface area contributed by atoms with E-state index in [1.807, 2.05) is 0 Å². The molecule has 2 aromatic heterocycles. The minimum atomic E-state index is -0.454. The first-order chi connectivity index (χ1) is 8.97. The van der Waals surface area contributed by atoms with Gasteiger partial charge in [0.2, 0.25) is 5.89 Å². The molecule has 19 heavy (non-hydrogen) atoms. The Kier molecular flexibility index (Phi) is 3.50. The Morgan fingerprint density at radius 1 is 1.47 bits per heavy atom. The number of aryl methyl sites for hydroxylation is 2. The first-order valence-corrected chi connectivity index (χ1v) is 5.90. The number of hydrogen-bond donors (Lipinski definition) is 2. The van der Waals surface area contributed by atoms with Gasteiger partial charge in [-0.15, -0.1) is 0 Å². The average molecular weight is 261 g/mol. The van der Waals surface area contributed by atoms with Crippen molar-refractivity contribution in [1.29, 1.82) is 0 Å². The lowest BCUT2D eigenvalue weighted by atomic mass is 10.2. The minimum absolute atomic E-state index is 0.0701. The van der Waals surface area contributed by atoms with Crippen LogP contribution in [0.4, 0.5) is 0 Å². The molecule has 0 spiro atoms. The highest BCUT2D eigenvalue weighted by Crippen LogP contribution is 2.12. The number of amides is 1. The summed E-state index contributed by atoms with van der Waals surface area (Å²) in [5.41, 5.74) is 0.461. The van der Waals surface area contributed by atoms with Gasteiger partial charge in [-0.3, -0.25) is 9.59 Å². The lowest BCUT2D eigenvalue weighted by molar-refractivity contribution is 0.0932. The average Bonchev–Trinajstić information content (AvgIpc) is 2.75. The smallest absolute Gasteiger partial charge is 0.257 e. The number of pyridine rings is 1. The fraction of sp³-hybridized carbons (Fsp3) is 0.308. The first-order valence-electron chi connectivity index (χ1n) is 5.90. The van der Waals surface area contributed by atoms with Gasteiger partial charge in [-0.25, -0.2) is 4.98 Å².